The molecular formula is C25H19F3N4O2S. The number of primary amides is 1. The molecule has 0 aliphatic heterocycles. The van der Waals surface area contributed by atoms with Gasteiger partial charge in [0, 0.05) is 29.1 Å². The van der Waals surface area contributed by atoms with Gasteiger partial charge in [-0.15, -0.1) is 11.3 Å². The number of ether oxygens (including phenoxy) is 1. The molecule has 3 heterocycles. The molecule has 0 spiro atoms. The molecule has 0 saturated heterocycles. The van der Waals surface area contributed by atoms with Crippen LogP contribution in [0.15, 0.2) is 73.2 Å². The standard InChI is InChI=1S/C25H19F3N4O2S/c1-14(16-5-2-3-6-17(16)25(26,27)28)34-21-12-22(35-23(21)24(29)33)32-13-31-19-11-15(8-9-20(19)32)18-7-4-10-30-18/h2-14,30H,1H3,(H2,29,33)/t14-/m1/s1. The van der Waals surface area contributed by atoms with Crippen molar-refractivity contribution in [3.63, 3.8) is 0 Å². The third kappa shape index (κ3) is 4.28. The van der Waals surface area contributed by atoms with E-state index in [0.29, 0.717) is 5.00 Å². The third-order valence-electron chi connectivity index (χ3n) is 5.61. The molecule has 3 aromatic heterocycles. The molecule has 1 amide bonds. The number of nitrogens with zero attached hydrogens (tertiary/aromatic N) is 2. The van der Waals surface area contributed by atoms with Crippen LogP contribution in [0.5, 0.6) is 5.75 Å². The maximum Gasteiger partial charge on any atom is 0.416 e. The first-order valence-electron chi connectivity index (χ1n) is 10.6. The van der Waals surface area contributed by atoms with E-state index >= 15 is 0 Å². The van der Waals surface area contributed by atoms with Gasteiger partial charge < -0.3 is 15.5 Å². The lowest BCUT2D eigenvalue weighted by Gasteiger charge is -2.19. The first-order valence-corrected chi connectivity index (χ1v) is 11.4. The summed E-state index contributed by atoms with van der Waals surface area (Å²) in [6.45, 7) is 1.50. The molecule has 0 unspecified atom stereocenters. The van der Waals surface area contributed by atoms with Crippen LogP contribution >= 0.6 is 11.3 Å². The lowest BCUT2D eigenvalue weighted by atomic mass is 10.0. The zero-order valence-electron chi connectivity index (χ0n) is 18.3. The molecular weight excluding hydrogens is 477 g/mol. The van der Waals surface area contributed by atoms with Gasteiger partial charge in [-0.2, -0.15) is 13.2 Å². The lowest BCUT2D eigenvalue weighted by Crippen LogP contribution is -2.15. The fourth-order valence-electron chi connectivity index (χ4n) is 3.97. The van der Waals surface area contributed by atoms with E-state index in [-0.39, 0.29) is 16.2 Å². The number of halogens is 3. The second kappa shape index (κ2) is 8.62. The van der Waals surface area contributed by atoms with Gasteiger partial charge in [0.25, 0.3) is 5.91 Å². The van der Waals surface area contributed by atoms with E-state index in [1.165, 1.54) is 25.1 Å². The Morgan fingerprint density at radius 2 is 1.94 bits per heavy atom. The summed E-state index contributed by atoms with van der Waals surface area (Å²) in [7, 11) is 0. The van der Waals surface area contributed by atoms with Gasteiger partial charge in [0.05, 0.1) is 16.6 Å². The highest BCUT2D eigenvalue weighted by molar-refractivity contribution is 7.16. The number of carbonyl (C=O) groups is 1. The summed E-state index contributed by atoms with van der Waals surface area (Å²) in [5, 5.41) is 0.597. The summed E-state index contributed by atoms with van der Waals surface area (Å²) in [5.74, 6) is -0.613. The molecule has 0 bridgehead atoms. The zero-order valence-corrected chi connectivity index (χ0v) is 19.2. The Labute approximate surface area is 201 Å². The number of amides is 1. The Hall–Kier alpha value is -4.05. The summed E-state index contributed by atoms with van der Waals surface area (Å²) >= 11 is 1.08. The number of imidazole rings is 1. The van der Waals surface area contributed by atoms with Gasteiger partial charge in [-0.1, -0.05) is 24.3 Å². The molecule has 0 aliphatic carbocycles. The normalized spacial score (nSPS) is 12.7. The van der Waals surface area contributed by atoms with Crippen LogP contribution in [0.25, 0.3) is 27.3 Å². The number of carbonyl (C=O) groups excluding carboxylic acids is 1. The van der Waals surface area contributed by atoms with E-state index in [1.807, 2.05) is 36.5 Å². The molecule has 6 nitrogen and oxygen atoms in total. The topological polar surface area (TPSA) is 85.9 Å². The number of aromatic nitrogens is 3. The van der Waals surface area contributed by atoms with Crippen LogP contribution in [0.4, 0.5) is 13.2 Å². The number of hydrogen-bond acceptors (Lipinski definition) is 4. The molecule has 2 aromatic carbocycles. The first-order chi connectivity index (χ1) is 16.7. The van der Waals surface area contributed by atoms with Gasteiger partial charge >= 0.3 is 6.18 Å². The number of hydrogen-bond donors (Lipinski definition) is 2. The van der Waals surface area contributed by atoms with Crippen molar-refractivity contribution in [2.45, 2.75) is 19.2 Å². The van der Waals surface area contributed by atoms with Crippen molar-refractivity contribution >= 4 is 28.3 Å². The highest BCUT2D eigenvalue weighted by Crippen LogP contribution is 2.39. The summed E-state index contributed by atoms with van der Waals surface area (Å²) < 4.78 is 48.1. The minimum Gasteiger partial charge on any atom is -0.484 e. The van der Waals surface area contributed by atoms with Crippen molar-refractivity contribution in [2.75, 3.05) is 0 Å². The first kappa shape index (κ1) is 22.7. The summed E-state index contributed by atoms with van der Waals surface area (Å²) in [6.07, 6.45) is -2.05. The highest BCUT2D eigenvalue weighted by Gasteiger charge is 2.35. The van der Waals surface area contributed by atoms with Crippen LogP contribution in [-0.2, 0) is 6.18 Å². The molecule has 0 saturated carbocycles. The van der Waals surface area contributed by atoms with Gasteiger partial charge in [0.1, 0.15) is 28.1 Å². The number of thiophene rings is 1. The molecule has 5 rings (SSSR count). The molecule has 178 valence electrons. The summed E-state index contributed by atoms with van der Waals surface area (Å²) in [4.78, 5) is 19.9. The van der Waals surface area contributed by atoms with Gasteiger partial charge in [0.15, 0.2) is 0 Å². The Morgan fingerprint density at radius 3 is 2.66 bits per heavy atom. The summed E-state index contributed by atoms with van der Waals surface area (Å²) in [5.41, 5.74) is 8.20. The van der Waals surface area contributed by atoms with Crippen LogP contribution in [0, 0.1) is 0 Å². The molecule has 5 aromatic rings. The number of alkyl halides is 3. The number of nitrogens with one attached hydrogen (secondary N) is 1. The predicted octanol–water partition coefficient (Wildman–Crippen LogP) is 6.34. The number of rotatable bonds is 6. The molecule has 0 radical (unpaired) electrons. The second-order valence-corrected chi connectivity index (χ2v) is 8.92. The van der Waals surface area contributed by atoms with E-state index in [9.17, 15) is 18.0 Å². The Morgan fingerprint density at radius 1 is 1.14 bits per heavy atom. The maximum absolute atomic E-state index is 13.5. The largest absolute Gasteiger partial charge is 0.484 e. The Bertz CT molecular complexity index is 1520. The van der Waals surface area contributed by atoms with E-state index < -0.39 is 23.8 Å². The number of aromatic amines is 1. The SMILES string of the molecule is C[C@@H](Oc1cc(-n2cnc3cc(-c4ccc[nH]4)ccc32)sc1C(N)=O)c1ccccc1C(F)(F)F. The van der Waals surface area contributed by atoms with Crippen molar-refractivity contribution in [3.05, 3.63) is 89.2 Å². The Balaban J connectivity index is 1.50. The van der Waals surface area contributed by atoms with Gasteiger partial charge in [-0.05, 0) is 37.3 Å². The van der Waals surface area contributed by atoms with Crippen LogP contribution in [0.2, 0.25) is 0 Å². The van der Waals surface area contributed by atoms with Crippen molar-refractivity contribution in [1.29, 1.82) is 0 Å². The molecule has 0 aliphatic rings. The van der Waals surface area contributed by atoms with Crippen molar-refractivity contribution in [1.82, 2.24) is 14.5 Å². The average Bonchev–Trinajstić information content (AvgIpc) is 3.57. The zero-order chi connectivity index (χ0) is 24.7. The smallest absolute Gasteiger partial charge is 0.416 e. The molecule has 1 atom stereocenters. The molecule has 0 fully saturated rings. The van der Waals surface area contributed by atoms with Crippen LogP contribution < -0.4 is 10.5 Å². The van der Waals surface area contributed by atoms with E-state index in [0.717, 1.165) is 39.7 Å². The van der Waals surface area contributed by atoms with E-state index in [2.05, 4.69) is 9.97 Å². The quantitative estimate of drug-likeness (QED) is 0.288. The maximum atomic E-state index is 13.5. The Kier molecular flexibility index (Phi) is 5.60. The number of H-pyrrole nitrogens is 1. The molecule has 10 heteroatoms. The summed E-state index contributed by atoms with van der Waals surface area (Å²) in [6, 6.07) is 16.4. The number of fused-ring (bicyclic) bond motifs is 1. The van der Waals surface area contributed by atoms with Crippen molar-refractivity contribution in [3.8, 4) is 22.0 Å². The number of nitrogens with two attached hydrogens (primary N) is 1. The van der Waals surface area contributed by atoms with Crippen LogP contribution in [0.1, 0.15) is 33.8 Å². The minimum atomic E-state index is -4.53. The van der Waals surface area contributed by atoms with Crippen LogP contribution in [-0.4, -0.2) is 20.4 Å². The minimum absolute atomic E-state index is 0.0342. The lowest BCUT2D eigenvalue weighted by molar-refractivity contribution is -0.138. The van der Waals surface area contributed by atoms with Crippen molar-refractivity contribution < 1.29 is 22.7 Å². The van der Waals surface area contributed by atoms with Crippen LogP contribution in [0.3, 0.4) is 0 Å². The van der Waals surface area contributed by atoms with Crippen molar-refractivity contribution in [2.24, 2.45) is 5.73 Å². The fourth-order valence-corrected chi connectivity index (χ4v) is 4.90. The monoisotopic (exact) mass is 496 g/mol. The average molecular weight is 497 g/mol. The van der Waals surface area contributed by atoms with E-state index in [4.69, 9.17) is 10.5 Å². The van der Waals surface area contributed by atoms with Gasteiger partial charge in [-0.3, -0.25) is 9.36 Å². The number of benzene rings is 2. The van der Waals surface area contributed by atoms with E-state index in [1.54, 1.807) is 17.0 Å². The molecule has 3 N–H and O–H groups in total. The highest BCUT2D eigenvalue weighted by atomic mass is 32.1. The van der Waals surface area contributed by atoms with Gasteiger partial charge in [-0.25, -0.2) is 4.98 Å². The fraction of sp³-hybridized carbons (Fsp3) is 0.120. The predicted molar refractivity (Wildman–Crippen MR) is 128 cm³/mol. The molecule has 35 heavy (non-hydrogen) atoms. The third-order valence-corrected chi connectivity index (χ3v) is 6.74. The second-order valence-electron chi connectivity index (χ2n) is 7.89. The van der Waals surface area contributed by atoms with Gasteiger partial charge in [0.2, 0.25) is 0 Å².